The highest BCUT2D eigenvalue weighted by atomic mass is 16.3. The van der Waals surface area contributed by atoms with Crippen LogP contribution in [0.3, 0.4) is 0 Å². The van der Waals surface area contributed by atoms with Crippen molar-refractivity contribution in [1.82, 2.24) is 0 Å². The highest BCUT2D eigenvalue weighted by Crippen LogP contribution is 2.16. The monoisotopic (exact) mass is 121 g/mol. The number of aromatic hydroxyl groups is 1. The van der Waals surface area contributed by atoms with Gasteiger partial charge in [-0.3, -0.25) is 4.99 Å². The number of phenols is 1. The molecule has 9 heavy (non-hydrogen) atoms. The van der Waals surface area contributed by atoms with E-state index in [-0.39, 0.29) is 5.75 Å². The van der Waals surface area contributed by atoms with Gasteiger partial charge in [-0.15, -0.1) is 0 Å². The molecule has 0 saturated carbocycles. The van der Waals surface area contributed by atoms with E-state index >= 15 is 0 Å². The van der Waals surface area contributed by atoms with Crippen LogP contribution >= 0.6 is 0 Å². The van der Waals surface area contributed by atoms with Gasteiger partial charge in [-0.25, -0.2) is 0 Å². The van der Waals surface area contributed by atoms with Crippen LogP contribution in [0.5, 0.6) is 5.75 Å². The third-order valence-electron chi connectivity index (χ3n) is 1.01. The molecule has 1 rings (SSSR count). The van der Waals surface area contributed by atoms with Crippen molar-refractivity contribution in [2.45, 2.75) is 0 Å². The lowest BCUT2D eigenvalue weighted by Gasteiger charge is -1.90. The molecule has 0 bridgehead atoms. The molecule has 0 spiro atoms. The molecule has 0 aliphatic carbocycles. The first kappa shape index (κ1) is 5.82. The Morgan fingerprint density at radius 1 is 1.44 bits per heavy atom. The predicted octanol–water partition coefficient (Wildman–Crippen LogP) is 1.72. The van der Waals surface area contributed by atoms with E-state index in [1.807, 2.05) is 0 Å². The minimum absolute atomic E-state index is 0.222. The highest BCUT2D eigenvalue weighted by molar-refractivity contribution is 5.48. The molecule has 0 aromatic heterocycles. The van der Waals surface area contributed by atoms with Crippen LogP contribution in [0.15, 0.2) is 29.3 Å². The number of benzene rings is 1. The molecule has 1 aromatic carbocycles. The van der Waals surface area contributed by atoms with E-state index in [4.69, 9.17) is 5.11 Å². The van der Waals surface area contributed by atoms with Crippen molar-refractivity contribution in [2.24, 2.45) is 4.99 Å². The summed E-state index contributed by atoms with van der Waals surface area (Å²) in [7, 11) is 0. The highest BCUT2D eigenvalue weighted by Gasteiger charge is 1.86. The lowest BCUT2D eigenvalue weighted by molar-refractivity contribution is 0.475. The number of rotatable bonds is 1. The smallest absolute Gasteiger partial charge is 0.117 e. The molecule has 0 amide bonds. The average Bonchev–Trinajstić information content (AvgIpc) is 1.88. The number of hydrogen-bond acceptors (Lipinski definition) is 2. The first-order valence-corrected chi connectivity index (χ1v) is 2.58. The zero-order valence-corrected chi connectivity index (χ0v) is 4.91. The van der Waals surface area contributed by atoms with E-state index in [1.54, 1.807) is 24.3 Å². The third-order valence-corrected chi connectivity index (χ3v) is 1.01. The molecule has 0 heterocycles. The Balaban J connectivity index is 3.07. The molecule has 0 fully saturated rings. The van der Waals surface area contributed by atoms with E-state index in [0.717, 1.165) is 0 Å². The van der Waals surface area contributed by atoms with Crippen LogP contribution < -0.4 is 0 Å². The van der Waals surface area contributed by atoms with Crippen LogP contribution in [0.4, 0.5) is 5.69 Å². The fourth-order valence-corrected chi connectivity index (χ4v) is 0.591. The van der Waals surface area contributed by atoms with Gasteiger partial charge in [-0.05, 0) is 18.9 Å². The largest absolute Gasteiger partial charge is 0.508 e. The van der Waals surface area contributed by atoms with E-state index < -0.39 is 0 Å². The number of aliphatic imine (C=N–C) groups is 1. The van der Waals surface area contributed by atoms with Crippen molar-refractivity contribution in [3.05, 3.63) is 24.3 Å². The Morgan fingerprint density at radius 2 is 2.22 bits per heavy atom. The van der Waals surface area contributed by atoms with Crippen molar-refractivity contribution in [1.29, 1.82) is 0 Å². The maximum atomic E-state index is 8.86. The Kier molecular flexibility index (Phi) is 1.49. The van der Waals surface area contributed by atoms with Crippen LogP contribution in [0.1, 0.15) is 0 Å². The number of hydrogen-bond donors (Lipinski definition) is 1. The minimum Gasteiger partial charge on any atom is -0.508 e. The molecular formula is C7H7NO. The molecule has 1 aromatic rings. The summed E-state index contributed by atoms with van der Waals surface area (Å²) in [4.78, 5) is 3.62. The van der Waals surface area contributed by atoms with Gasteiger partial charge in [0, 0.05) is 6.07 Å². The Hall–Kier alpha value is -1.31. The fourth-order valence-electron chi connectivity index (χ4n) is 0.591. The molecule has 0 radical (unpaired) electrons. The summed E-state index contributed by atoms with van der Waals surface area (Å²) in [5, 5.41) is 8.86. The van der Waals surface area contributed by atoms with Crippen LogP contribution in [-0.2, 0) is 0 Å². The second-order valence-corrected chi connectivity index (χ2v) is 1.68. The van der Waals surface area contributed by atoms with Crippen molar-refractivity contribution < 1.29 is 5.11 Å². The molecular weight excluding hydrogens is 114 g/mol. The topological polar surface area (TPSA) is 32.6 Å². The second-order valence-electron chi connectivity index (χ2n) is 1.68. The SMILES string of the molecule is C=Nc1cccc(O)c1. The average molecular weight is 121 g/mol. The lowest BCUT2D eigenvalue weighted by Crippen LogP contribution is -1.62. The predicted molar refractivity (Wildman–Crippen MR) is 37.3 cm³/mol. The maximum Gasteiger partial charge on any atom is 0.117 e. The Bertz CT molecular complexity index is 220. The molecule has 0 aliphatic heterocycles. The first-order valence-electron chi connectivity index (χ1n) is 2.58. The van der Waals surface area contributed by atoms with Gasteiger partial charge in [0.05, 0.1) is 5.69 Å². The molecule has 0 unspecified atom stereocenters. The summed E-state index contributed by atoms with van der Waals surface area (Å²) >= 11 is 0. The summed E-state index contributed by atoms with van der Waals surface area (Å²) in [6.45, 7) is 3.31. The van der Waals surface area contributed by atoms with Gasteiger partial charge in [-0.2, -0.15) is 0 Å². The summed E-state index contributed by atoms with van der Waals surface area (Å²) < 4.78 is 0. The van der Waals surface area contributed by atoms with E-state index in [9.17, 15) is 0 Å². The first-order chi connectivity index (χ1) is 4.33. The maximum absolute atomic E-state index is 8.86. The van der Waals surface area contributed by atoms with Gasteiger partial charge in [-0.1, -0.05) is 6.07 Å². The van der Waals surface area contributed by atoms with Crippen LogP contribution in [0, 0.1) is 0 Å². The number of phenolic OH excluding ortho intramolecular Hbond substituents is 1. The van der Waals surface area contributed by atoms with Gasteiger partial charge in [0.25, 0.3) is 0 Å². The van der Waals surface area contributed by atoms with Crippen LogP contribution in [0.2, 0.25) is 0 Å². The molecule has 0 saturated heterocycles. The lowest BCUT2D eigenvalue weighted by atomic mass is 10.3. The quantitative estimate of drug-likeness (QED) is 0.564. The summed E-state index contributed by atoms with van der Waals surface area (Å²) in [5.41, 5.74) is 0.690. The van der Waals surface area contributed by atoms with Crippen molar-refractivity contribution >= 4 is 12.4 Å². The summed E-state index contributed by atoms with van der Waals surface area (Å²) in [6, 6.07) is 6.63. The molecule has 0 aliphatic rings. The third kappa shape index (κ3) is 1.29. The minimum atomic E-state index is 0.222. The van der Waals surface area contributed by atoms with Gasteiger partial charge in [0.2, 0.25) is 0 Å². The molecule has 46 valence electrons. The van der Waals surface area contributed by atoms with Crippen molar-refractivity contribution in [3.8, 4) is 5.75 Å². The zero-order chi connectivity index (χ0) is 6.69. The molecule has 0 atom stereocenters. The standard InChI is InChI=1S/C7H7NO/c1-8-6-3-2-4-7(9)5-6/h2-5,9H,1H2. The van der Waals surface area contributed by atoms with Crippen molar-refractivity contribution in [3.63, 3.8) is 0 Å². The second kappa shape index (κ2) is 2.31. The van der Waals surface area contributed by atoms with Crippen LogP contribution in [-0.4, -0.2) is 11.8 Å². The van der Waals surface area contributed by atoms with Gasteiger partial charge < -0.3 is 5.11 Å². The van der Waals surface area contributed by atoms with Gasteiger partial charge in [0.1, 0.15) is 5.75 Å². The normalized spacial score (nSPS) is 8.89. The Labute approximate surface area is 53.5 Å². The van der Waals surface area contributed by atoms with Gasteiger partial charge >= 0.3 is 0 Å². The van der Waals surface area contributed by atoms with Crippen LogP contribution in [0.25, 0.3) is 0 Å². The zero-order valence-electron chi connectivity index (χ0n) is 4.91. The fraction of sp³-hybridized carbons (Fsp3) is 0. The van der Waals surface area contributed by atoms with Crippen molar-refractivity contribution in [2.75, 3.05) is 0 Å². The Morgan fingerprint density at radius 3 is 2.67 bits per heavy atom. The molecule has 2 heteroatoms. The summed E-state index contributed by atoms with van der Waals surface area (Å²) in [5.74, 6) is 0.222. The van der Waals surface area contributed by atoms with E-state index in [1.165, 1.54) is 0 Å². The van der Waals surface area contributed by atoms with E-state index in [0.29, 0.717) is 5.69 Å². The number of nitrogens with zero attached hydrogens (tertiary/aromatic N) is 1. The molecule has 1 N–H and O–H groups in total. The summed E-state index contributed by atoms with van der Waals surface area (Å²) in [6.07, 6.45) is 0. The van der Waals surface area contributed by atoms with E-state index in [2.05, 4.69) is 11.7 Å². The molecule has 2 nitrogen and oxygen atoms in total. The van der Waals surface area contributed by atoms with Gasteiger partial charge in [0.15, 0.2) is 0 Å².